The Morgan fingerprint density at radius 2 is 2.38 bits per heavy atom. The lowest BCUT2D eigenvalue weighted by Gasteiger charge is -2.16. The van der Waals surface area contributed by atoms with Crippen molar-refractivity contribution < 1.29 is 0 Å². The number of nitrogens with zero attached hydrogens (tertiary/aromatic N) is 2. The standard InChI is InChI=1S/C13H23N3/c1-3-4-7-14-13-15-8-9-16(13)11(2)10-12-5-6-12/h8-9,11-12H,3-7,10H2,1-2H3,(H,14,15). The third-order valence-corrected chi connectivity index (χ3v) is 3.33. The molecule has 0 saturated heterocycles. The maximum absolute atomic E-state index is 4.39. The Labute approximate surface area is 98.3 Å². The molecule has 1 aliphatic rings. The second-order valence-electron chi connectivity index (χ2n) is 4.97. The van der Waals surface area contributed by atoms with Gasteiger partial charge in [0.25, 0.3) is 0 Å². The number of nitrogens with one attached hydrogen (secondary N) is 1. The van der Waals surface area contributed by atoms with Crippen molar-refractivity contribution in [2.75, 3.05) is 11.9 Å². The summed E-state index contributed by atoms with van der Waals surface area (Å²) in [6.07, 6.45) is 10.6. The van der Waals surface area contributed by atoms with Crippen molar-refractivity contribution in [3.63, 3.8) is 0 Å². The molecule has 0 aliphatic heterocycles. The molecule has 1 atom stereocenters. The van der Waals surface area contributed by atoms with E-state index in [1.807, 2.05) is 6.20 Å². The van der Waals surface area contributed by atoms with Gasteiger partial charge in [0, 0.05) is 25.0 Å². The van der Waals surface area contributed by atoms with E-state index in [0.29, 0.717) is 6.04 Å². The molecule has 0 radical (unpaired) electrons. The van der Waals surface area contributed by atoms with Crippen molar-refractivity contribution in [1.29, 1.82) is 0 Å². The predicted molar refractivity (Wildman–Crippen MR) is 67.7 cm³/mol. The SMILES string of the molecule is CCCCNc1nccn1C(C)CC1CC1. The zero-order valence-corrected chi connectivity index (χ0v) is 10.4. The average Bonchev–Trinajstić information content (AvgIpc) is 2.95. The minimum Gasteiger partial charge on any atom is -0.356 e. The zero-order chi connectivity index (χ0) is 11.4. The molecule has 3 heteroatoms. The van der Waals surface area contributed by atoms with Gasteiger partial charge in [0.1, 0.15) is 0 Å². The first-order valence-electron chi connectivity index (χ1n) is 6.58. The summed E-state index contributed by atoms with van der Waals surface area (Å²) in [6.45, 7) is 5.54. The summed E-state index contributed by atoms with van der Waals surface area (Å²) < 4.78 is 2.29. The lowest BCUT2D eigenvalue weighted by atomic mass is 10.1. The number of rotatable bonds is 7. The van der Waals surface area contributed by atoms with Crippen LogP contribution in [-0.2, 0) is 0 Å². The topological polar surface area (TPSA) is 29.9 Å². The summed E-state index contributed by atoms with van der Waals surface area (Å²) in [6, 6.07) is 0.583. The molecule has 0 bridgehead atoms. The molecule has 0 aromatic carbocycles. The number of aromatic nitrogens is 2. The second-order valence-corrected chi connectivity index (χ2v) is 4.97. The highest BCUT2D eigenvalue weighted by molar-refractivity contribution is 5.26. The van der Waals surface area contributed by atoms with Crippen molar-refractivity contribution in [2.24, 2.45) is 5.92 Å². The molecule has 90 valence electrons. The van der Waals surface area contributed by atoms with E-state index in [4.69, 9.17) is 0 Å². The first kappa shape index (κ1) is 11.5. The van der Waals surface area contributed by atoms with E-state index >= 15 is 0 Å². The highest BCUT2D eigenvalue weighted by atomic mass is 15.2. The average molecular weight is 221 g/mol. The van der Waals surface area contributed by atoms with Gasteiger partial charge in [0.2, 0.25) is 5.95 Å². The van der Waals surface area contributed by atoms with Gasteiger partial charge >= 0.3 is 0 Å². The van der Waals surface area contributed by atoms with E-state index in [2.05, 4.69) is 34.9 Å². The summed E-state index contributed by atoms with van der Waals surface area (Å²) in [7, 11) is 0. The fourth-order valence-corrected chi connectivity index (χ4v) is 2.13. The van der Waals surface area contributed by atoms with Crippen molar-refractivity contribution >= 4 is 5.95 Å². The maximum Gasteiger partial charge on any atom is 0.203 e. The molecule has 3 nitrogen and oxygen atoms in total. The molecule has 1 heterocycles. The Morgan fingerprint density at radius 1 is 1.56 bits per heavy atom. The van der Waals surface area contributed by atoms with E-state index in [1.54, 1.807) is 0 Å². The second kappa shape index (κ2) is 5.37. The first-order valence-corrected chi connectivity index (χ1v) is 6.58. The minimum atomic E-state index is 0.583. The Hall–Kier alpha value is -0.990. The summed E-state index contributed by atoms with van der Waals surface area (Å²) >= 11 is 0. The van der Waals surface area contributed by atoms with Gasteiger partial charge in [0.15, 0.2) is 0 Å². The quantitative estimate of drug-likeness (QED) is 0.715. The molecule has 0 spiro atoms. The van der Waals surface area contributed by atoms with E-state index < -0.39 is 0 Å². The smallest absolute Gasteiger partial charge is 0.203 e. The maximum atomic E-state index is 4.39. The molecule has 1 saturated carbocycles. The lowest BCUT2D eigenvalue weighted by molar-refractivity contribution is 0.480. The molecular formula is C13H23N3. The van der Waals surface area contributed by atoms with Gasteiger partial charge in [-0.25, -0.2) is 4.98 Å². The predicted octanol–water partition coefficient (Wildman–Crippen LogP) is 3.46. The van der Waals surface area contributed by atoms with Crippen LogP contribution in [0.5, 0.6) is 0 Å². The zero-order valence-electron chi connectivity index (χ0n) is 10.4. The van der Waals surface area contributed by atoms with Gasteiger partial charge in [-0.05, 0) is 25.7 Å². The van der Waals surface area contributed by atoms with Crippen LogP contribution in [0.4, 0.5) is 5.95 Å². The Morgan fingerprint density at radius 3 is 3.06 bits per heavy atom. The van der Waals surface area contributed by atoms with Crippen molar-refractivity contribution in [3.05, 3.63) is 12.4 Å². The molecule has 1 aliphatic carbocycles. The van der Waals surface area contributed by atoms with Crippen LogP contribution in [0.15, 0.2) is 12.4 Å². The molecule has 0 amide bonds. The van der Waals surface area contributed by atoms with E-state index in [1.165, 1.54) is 32.1 Å². The lowest BCUT2D eigenvalue weighted by Crippen LogP contribution is -2.12. The first-order chi connectivity index (χ1) is 7.81. The van der Waals surface area contributed by atoms with E-state index in [-0.39, 0.29) is 0 Å². The van der Waals surface area contributed by atoms with Crippen molar-refractivity contribution in [2.45, 2.75) is 52.0 Å². The summed E-state index contributed by atoms with van der Waals surface area (Å²) in [4.78, 5) is 4.39. The number of imidazole rings is 1. The van der Waals surface area contributed by atoms with Crippen LogP contribution >= 0.6 is 0 Å². The van der Waals surface area contributed by atoms with Crippen molar-refractivity contribution in [3.8, 4) is 0 Å². The van der Waals surface area contributed by atoms with Crippen LogP contribution in [-0.4, -0.2) is 16.1 Å². The molecule has 1 aromatic heterocycles. The fourth-order valence-electron chi connectivity index (χ4n) is 2.13. The molecule has 1 aromatic rings. The Balaban J connectivity index is 1.88. The normalized spacial score (nSPS) is 17.4. The van der Waals surface area contributed by atoms with Gasteiger partial charge < -0.3 is 9.88 Å². The van der Waals surface area contributed by atoms with Gasteiger partial charge in [-0.3, -0.25) is 0 Å². The van der Waals surface area contributed by atoms with Gasteiger partial charge in [-0.1, -0.05) is 26.2 Å². The van der Waals surface area contributed by atoms with Crippen LogP contribution in [0.25, 0.3) is 0 Å². The van der Waals surface area contributed by atoms with Crippen molar-refractivity contribution in [1.82, 2.24) is 9.55 Å². The van der Waals surface area contributed by atoms with Crippen LogP contribution in [0.2, 0.25) is 0 Å². The molecule has 1 fully saturated rings. The molecule has 16 heavy (non-hydrogen) atoms. The highest BCUT2D eigenvalue weighted by Crippen LogP contribution is 2.37. The summed E-state index contributed by atoms with van der Waals surface area (Å²) in [5.41, 5.74) is 0. The monoisotopic (exact) mass is 221 g/mol. The van der Waals surface area contributed by atoms with Gasteiger partial charge in [-0.2, -0.15) is 0 Å². The summed E-state index contributed by atoms with van der Waals surface area (Å²) in [5, 5.41) is 3.42. The van der Waals surface area contributed by atoms with Crippen LogP contribution in [0, 0.1) is 5.92 Å². The molecule has 2 rings (SSSR count). The molecular weight excluding hydrogens is 198 g/mol. The van der Waals surface area contributed by atoms with Gasteiger partial charge in [-0.15, -0.1) is 0 Å². The van der Waals surface area contributed by atoms with Crippen LogP contribution < -0.4 is 5.32 Å². The fraction of sp³-hybridized carbons (Fsp3) is 0.769. The number of hydrogen-bond acceptors (Lipinski definition) is 2. The van der Waals surface area contributed by atoms with Crippen LogP contribution in [0.1, 0.15) is 52.0 Å². The number of anilines is 1. The number of hydrogen-bond donors (Lipinski definition) is 1. The molecule has 1 unspecified atom stereocenters. The largest absolute Gasteiger partial charge is 0.356 e. The van der Waals surface area contributed by atoms with Crippen LogP contribution in [0.3, 0.4) is 0 Å². The Kier molecular flexibility index (Phi) is 3.86. The summed E-state index contributed by atoms with van der Waals surface area (Å²) in [5.74, 6) is 2.02. The third kappa shape index (κ3) is 3.00. The Bertz CT molecular complexity index is 315. The third-order valence-electron chi connectivity index (χ3n) is 3.33. The minimum absolute atomic E-state index is 0.583. The molecule has 1 N–H and O–H groups in total. The van der Waals surface area contributed by atoms with E-state index in [0.717, 1.165) is 18.4 Å². The number of unbranched alkanes of at least 4 members (excludes halogenated alkanes) is 1. The van der Waals surface area contributed by atoms with E-state index in [9.17, 15) is 0 Å². The highest BCUT2D eigenvalue weighted by Gasteiger charge is 2.24. The van der Waals surface area contributed by atoms with Gasteiger partial charge in [0.05, 0.1) is 0 Å².